The molecule has 6 heteroatoms. The highest BCUT2D eigenvalue weighted by molar-refractivity contribution is 7.99. The Balaban J connectivity index is 1.80. The normalized spacial score (nSPS) is 17.4. The number of hydrogen-bond acceptors (Lipinski definition) is 4. The van der Waals surface area contributed by atoms with Gasteiger partial charge >= 0.3 is 5.97 Å². The summed E-state index contributed by atoms with van der Waals surface area (Å²) >= 11 is 1.67. The van der Waals surface area contributed by atoms with E-state index < -0.39 is 5.97 Å². The lowest BCUT2D eigenvalue weighted by Gasteiger charge is -2.34. The van der Waals surface area contributed by atoms with Gasteiger partial charge in [-0.15, -0.1) is 0 Å². The molecule has 1 aromatic rings. The molecule has 0 aromatic heterocycles. The number of hydrogen-bond donors (Lipinski definition) is 1. The van der Waals surface area contributed by atoms with Gasteiger partial charge in [-0.25, -0.2) is 0 Å². The molecule has 1 aliphatic rings. The van der Waals surface area contributed by atoms with Crippen molar-refractivity contribution in [1.82, 2.24) is 4.90 Å². The van der Waals surface area contributed by atoms with E-state index in [1.165, 1.54) is 0 Å². The number of likely N-dealkylation sites (tertiary alicyclic amines) is 1. The number of aliphatic carboxylic acids is 1. The van der Waals surface area contributed by atoms with E-state index in [1.54, 1.807) is 17.8 Å². The van der Waals surface area contributed by atoms with E-state index in [9.17, 15) is 14.4 Å². The van der Waals surface area contributed by atoms with Crippen LogP contribution in [0.5, 0.6) is 0 Å². The highest BCUT2D eigenvalue weighted by Crippen LogP contribution is 2.20. The van der Waals surface area contributed by atoms with Gasteiger partial charge in [-0.2, -0.15) is 11.8 Å². The summed E-state index contributed by atoms with van der Waals surface area (Å²) in [5.41, 5.74) is 0.987. The minimum absolute atomic E-state index is 0.0226. The lowest BCUT2D eigenvalue weighted by molar-refractivity contribution is -0.137. The number of nitrogens with zero attached hydrogens (tertiary/aromatic N) is 1. The summed E-state index contributed by atoms with van der Waals surface area (Å²) in [5.74, 6) is 0.977. The zero-order valence-corrected chi connectivity index (χ0v) is 16.3. The predicted molar refractivity (Wildman–Crippen MR) is 108 cm³/mol. The van der Waals surface area contributed by atoms with Crippen LogP contribution < -0.4 is 0 Å². The Labute approximate surface area is 164 Å². The maximum atomic E-state index is 12.3. The van der Waals surface area contributed by atoms with Crippen LogP contribution in [0.3, 0.4) is 0 Å². The zero-order valence-electron chi connectivity index (χ0n) is 15.5. The standard InChI is InChI=1S/C21H27NO4S/c23-19(16-17-6-2-1-3-7-17)12-11-18-8-4-9-20(24)22(18)13-15-27-14-5-10-21(25)26/h1-3,6-7,11-12,18H,4-5,8-10,13-16H2,(H,25,26)/t18-/m1/s1. The predicted octanol–water partition coefficient (Wildman–Crippen LogP) is 3.33. The van der Waals surface area contributed by atoms with Crippen molar-refractivity contribution in [2.24, 2.45) is 0 Å². The van der Waals surface area contributed by atoms with Crippen LogP contribution >= 0.6 is 11.8 Å². The number of allylic oxidation sites excluding steroid dienone is 1. The molecule has 0 unspecified atom stereocenters. The van der Waals surface area contributed by atoms with Crippen molar-refractivity contribution < 1.29 is 19.5 Å². The molecular weight excluding hydrogens is 362 g/mol. The third kappa shape index (κ3) is 7.99. The van der Waals surface area contributed by atoms with E-state index >= 15 is 0 Å². The van der Waals surface area contributed by atoms with Crippen LogP contribution in [-0.4, -0.2) is 51.8 Å². The number of carbonyl (C=O) groups is 3. The van der Waals surface area contributed by atoms with Crippen LogP contribution in [0.1, 0.15) is 37.7 Å². The third-order valence-electron chi connectivity index (χ3n) is 4.49. The summed E-state index contributed by atoms with van der Waals surface area (Å²) in [6.07, 6.45) is 6.98. The van der Waals surface area contributed by atoms with Gasteiger partial charge in [0.25, 0.3) is 0 Å². The smallest absolute Gasteiger partial charge is 0.303 e. The molecule has 1 aliphatic heterocycles. The first-order chi connectivity index (χ1) is 13.1. The molecular formula is C21H27NO4S. The molecule has 1 amide bonds. The average Bonchev–Trinajstić information content (AvgIpc) is 2.65. The topological polar surface area (TPSA) is 74.7 Å². The number of amides is 1. The quantitative estimate of drug-likeness (QED) is 0.464. The van der Waals surface area contributed by atoms with E-state index in [2.05, 4.69) is 0 Å². The first-order valence-corrected chi connectivity index (χ1v) is 10.6. The Morgan fingerprint density at radius 2 is 2.00 bits per heavy atom. The number of ketones is 1. The zero-order chi connectivity index (χ0) is 19.5. The van der Waals surface area contributed by atoms with E-state index in [4.69, 9.17) is 5.11 Å². The van der Waals surface area contributed by atoms with Crippen molar-refractivity contribution in [2.75, 3.05) is 18.1 Å². The van der Waals surface area contributed by atoms with Gasteiger partial charge in [-0.1, -0.05) is 36.4 Å². The molecule has 1 saturated heterocycles. The van der Waals surface area contributed by atoms with Gasteiger partial charge in [0.1, 0.15) is 0 Å². The number of carboxylic acid groups (broad SMARTS) is 1. The molecule has 0 radical (unpaired) electrons. The maximum absolute atomic E-state index is 12.3. The van der Waals surface area contributed by atoms with Crippen molar-refractivity contribution in [3.63, 3.8) is 0 Å². The molecule has 27 heavy (non-hydrogen) atoms. The number of thioether (sulfide) groups is 1. The Morgan fingerprint density at radius 1 is 1.22 bits per heavy atom. The minimum Gasteiger partial charge on any atom is -0.481 e. The average molecular weight is 390 g/mol. The molecule has 2 rings (SSSR count). The molecule has 5 nitrogen and oxygen atoms in total. The van der Waals surface area contributed by atoms with Gasteiger partial charge in [-0.3, -0.25) is 14.4 Å². The van der Waals surface area contributed by atoms with Crippen LogP contribution in [0, 0.1) is 0 Å². The SMILES string of the molecule is O=C(O)CCCSCCN1C(=O)CCC[C@@H]1C=CC(=O)Cc1ccccc1. The second-order valence-electron chi connectivity index (χ2n) is 6.64. The first kappa shape index (κ1) is 21.2. The number of carboxylic acids is 1. The fourth-order valence-electron chi connectivity index (χ4n) is 3.10. The van der Waals surface area contributed by atoms with Crippen molar-refractivity contribution in [3.8, 4) is 0 Å². The maximum Gasteiger partial charge on any atom is 0.303 e. The first-order valence-electron chi connectivity index (χ1n) is 9.40. The Kier molecular flexibility index (Phi) is 9.11. The van der Waals surface area contributed by atoms with Gasteiger partial charge in [0.2, 0.25) is 5.91 Å². The summed E-state index contributed by atoms with van der Waals surface area (Å²) in [6.45, 7) is 0.637. The summed E-state index contributed by atoms with van der Waals surface area (Å²) in [5, 5.41) is 8.64. The fraction of sp³-hybridized carbons (Fsp3) is 0.476. The lowest BCUT2D eigenvalue weighted by Crippen LogP contribution is -2.43. The molecule has 1 N–H and O–H groups in total. The summed E-state index contributed by atoms with van der Waals surface area (Å²) in [7, 11) is 0. The second-order valence-corrected chi connectivity index (χ2v) is 7.87. The van der Waals surface area contributed by atoms with Crippen molar-refractivity contribution in [3.05, 3.63) is 48.0 Å². The molecule has 1 heterocycles. The molecule has 146 valence electrons. The summed E-state index contributed by atoms with van der Waals surface area (Å²) in [6, 6.07) is 9.61. The molecule has 1 atom stereocenters. The van der Waals surface area contributed by atoms with Crippen LogP contribution in [0.4, 0.5) is 0 Å². The van der Waals surface area contributed by atoms with E-state index in [-0.39, 0.29) is 24.2 Å². The van der Waals surface area contributed by atoms with Gasteiger partial charge in [0, 0.05) is 31.6 Å². The Hall–Kier alpha value is -2.08. The fourth-order valence-corrected chi connectivity index (χ4v) is 3.98. The Bertz CT molecular complexity index is 659. The minimum atomic E-state index is -0.771. The largest absolute Gasteiger partial charge is 0.481 e. The number of carbonyl (C=O) groups excluding carboxylic acids is 2. The summed E-state index contributed by atoms with van der Waals surface area (Å²) < 4.78 is 0. The molecule has 0 spiro atoms. The molecule has 1 aromatic carbocycles. The number of benzene rings is 1. The highest BCUT2D eigenvalue weighted by atomic mass is 32.2. The van der Waals surface area contributed by atoms with Gasteiger partial charge in [-0.05, 0) is 36.7 Å². The van der Waals surface area contributed by atoms with Crippen LogP contribution in [-0.2, 0) is 20.8 Å². The molecule has 0 aliphatic carbocycles. The van der Waals surface area contributed by atoms with Crippen molar-refractivity contribution in [1.29, 1.82) is 0 Å². The van der Waals surface area contributed by atoms with Crippen LogP contribution in [0.15, 0.2) is 42.5 Å². The Morgan fingerprint density at radius 3 is 2.74 bits per heavy atom. The molecule has 0 bridgehead atoms. The van der Waals surface area contributed by atoms with E-state index in [1.807, 2.05) is 41.3 Å². The third-order valence-corrected chi connectivity index (χ3v) is 5.54. The molecule has 0 saturated carbocycles. The van der Waals surface area contributed by atoms with E-state index in [0.717, 1.165) is 29.9 Å². The number of piperidine rings is 1. The number of rotatable bonds is 11. The van der Waals surface area contributed by atoms with E-state index in [0.29, 0.717) is 25.8 Å². The second kappa shape index (κ2) is 11.6. The van der Waals surface area contributed by atoms with Gasteiger partial charge < -0.3 is 10.0 Å². The highest BCUT2D eigenvalue weighted by Gasteiger charge is 2.25. The lowest BCUT2D eigenvalue weighted by atomic mass is 10.00. The van der Waals surface area contributed by atoms with Crippen LogP contribution in [0.2, 0.25) is 0 Å². The monoisotopic (exact) mass is 389 g/mol. The van der Waals surface area contributed by atoms with Crippen molar-refractivity contribution in [2.45, 2.75) is 44.6 Å². The van der Waals surface area contributed by atoms with Crippen molar-refractivity contribution >= 4 is 29.4 Å². The van der Waals surface area contributed by atoms with Gasteiger partial charge in [0.05, 0.1) is 6.04 Å². The summed E-state index contributed by atoms with van der Waals surface area (Å²) in [4.78, 5) is 36.8. The van der Waals surface area contributed by atoms with Gasteiger partial charge in [0.15, 0.2) is 5.78 Å². The van der Waals surface area contributed by atoms with Crippen LogP contribution in [0.25, 0.3) is 0 Å². The molecule has 1 fully saturated rings.